The highest BCUT2D eigenvalue weighted by Gasteiger charge is 2.38. The maximum absolute atomic E-state index is 6.13. The molecule has 2 aromatic heterocycles. The molecule has 5 aromatic rings. The molecular formula is C30H30N2O. The SMILES string of the molecule is C[C@@H]1C[C@@H]2CCC(c3nc4cc(-c5ccc6c(c5)oc5ccccc56)ccc4n3C)[C@H](C1)C2. The van der Waals surface area contributed by atoms with Crippen molar-refractivity contribution in [1.82, 2.24) is 9.55 Å². The van der Waals surface area contributed by atoms with E-state index in [1.807, 2.05) is 12.1 Å². The van der Waals surface area contributed by atoms with Gasteiger partial charge in [-0.2, -0.15) is 0 Å². The largest absolute Gasteiger partial charge is 0.456 e. The topological polar surface area (TPSA) is 31.0 Å². The van der Waals surface area contributed by atoms with Gasteiger partial charge in [-0.1, -0.05) is 37.3 Å². The molecule has 2 saturated carbocycles. The van der Waals surface area contributed by atoms with E-state index in [0.29, 0.717) is 5.92 Å². The fourth-order valence-electron chi connectivity index (χ4n) is 6.99. The number of para-hydroxylation sites is 1. The van der Waals surface area contributed by atoms with Crippen LogP contribution in [0.5, 0.6) is 0 Å². The Labute approximate surface area is 194 Å². The summed E-state index contributed by atoms with van der Waals surface area (Å²) in [7, 11) is 2.21. The van der Waals surface area contributed by atoms with Crippen molar-refractivity contribution in [2.24, 2.45) is 24.8 Å². The van der Waals surface area contributed by atoms with E-state index in [1.54, 1.807) is 0 Å². The first-order valence-corrected chi connectivity index (χ1v) is 12.5. The zero-order valence-corrected chi connectivity index (χ0v) is 19.4. The van der Waals surface area contributed by atoms with Gasteiger partial charge in [-0.15, -0.1) is 0 Å². The first kappa shape index (κ1) is 19.4. The number of fused-ring (bicyclic) bond motifs is 6. The number of nitrogens with zero attached hydrogens (tertiary/aromatic N) is 2. The number of hydrogen-bond donors (Lipinski definition) is 0. The molecule has 4 atom stereocenters. The summed E-state index contributed by atoms with van der Waals surface area (Å²) >= 11 is 0. The van der Waals surface area contributed by atoms with Crippen LogP contribution in [0.3, 0.4) is 0 Å². The Balaban J connectivity index is 1.28. The van der Waals surface area contributed by atoms with Crippen LogP contribution in [-0.4, -0.2) is 9.55 Å². The monoisotopic (exact) mass is 434 g/mol. The molecule has 3 nitrogen and oxygen atoms in total. The van der Waals surface area contributed by atoms with Crippen molar-refractivity contribution in [1.29, 1.82) is 0 Å². The number of hydrogen-bond acceptors (Lipinski definition) is 2. The Morgan fingerprint density at radius 3 is 2.61 bits per heavy atom. The molecule has 3 aromatic carbocycles. The van der Waals surface area contributed by atoms with Crippen molar-refractivity contribution in [2.45, 2.75) is 44.9 Å². The van der Waals surface area contributed by atoms with Gasteiger partial charge < -0.3 is 8.98 Å². The molecule has 2 bridgehead atoms. The second-order valence-electron chi connectivity index (χ2n) is 10.7. The van der Waals surface area contributed by atoms with E-state index in [0.717, 1.165) is 34.4 Å². The van der Waals surface area contributed by atoms with Crippen LogP contribution in [0, 0.1) is 17.8 Å². The number of rotatable bonds is 2. The number of aromatic nitrogens is 2. The highest BCUT2D eigenvalue weighted by atomic mass is 16.3. The predicted octanol–water partition coefficient (Wildman–Crippen LogP) is 8.07. The van der Waals surface area contributed by atoms with Gasteiger partial charge >= 0.3 is 0 Å². The van der Waals surface area contributed by atoms with Gasteiger partial charge in [0, 0.05) is 23.7 Å². The standard InChI is InChI=1S/C30H30N2O/c1-18-13-19-7-10-23(22(14-18)15-19)30-31-26-16-20(9-12-27(26)32(30)2)21-8-11-25-24-5-3-4-6-28(24)33-29(25)17-21/h3-6,8-9,11-12,16-19,22-23H,7,10,13-15H2,1-2H3/t18-,19+,22-,23?/m1/s1. The average molecular weight is 435 g/mol. The van der Waals surface area contributed by atoms with Crippen molar-refractivity contribution in [3.63, 3.8) is 0 Å². The number of benzene rings is 3. The summed E-state index contributed by atoms with van der Waals surface area (Å²) in [5.41, 5.74) is 6.62. The zero-order valence-electron chi connectivity index (χ0n) is 19.4. The Morgan fingerprint density at radius 2 is 1.67 bits per heavy atom. The molecule has 3 heteroatoms. The van der Waals surface area contributed by atoms with E-state index in [9.17, 15) is 0 Å². The van der Waals surface area contributed by atoms with Crippen LogP contribution in [0.4, 0.5) is 0 Å². The Hall–Kier alpha value is -3.07. The lowest BCUT2D eigenvalue weighted by Gasteiger charge is -2.42. The van der Waals surface area contributed by atoms with E-state index >= 15 is 0 Å². The van der Waals surface area contributed by atoms with Crippen LogP contribution in [-0.2, 0) is 7.05 Å². The summed E-state index contributed by atoms with van der Waals surface area (Å²) in [6.45, 7) is 2.45. The minimum absolute atomic E-state index is 0.608. The molecule has 0 saturated heterocycles. The van der Waals surface area contributed by atoms with Gasteiger partial charge in [-0.05, 0) is 91.3 Å². The Kier molecular flexibility index (Phi) is 4.24. The number of imidazole rings is 1. The van der Waals surface area contributed by atoms with Gasteiger partial charge in [0.15, 0.2) is 0 Å². The van der Waals surface area contributed by atoms with Gasteiger partial charge in [0.1, 0.15) is 17.0 Å². The maximum atomic E-state index is 6.13. The molecule has 2 aliphatic carbocycles. The lowest BCUT2D eigenvalue weighted by Crippen LogP contribution is -2.32. The maximum Gasteiger partial charge on any atom is 0.136 e. The van der Waals surface area contributed by atoms with E-state index in [1.165, 1.54) is 65.3 Å². The zero-order chi connectivity index (χ0) is 22.1. The van der Waals surface area contributed by atoms with Crippen LogP contribution in [0.25, 0.3) is 44.1 Å². The molecule has 0 spiro atoms. The number of aryl methyl sites for hydroxylation is 1. The molecule has 0 amide bonds. The molecule has 1 unspecified atom stereocenters. The minimum Gasteiger partial charge on any atom is -0.456 e. The minimum atomic E-state index is 0.608. The molecule has 0 N–H and O–H groups in total. The van der Waals surface area contributed by atoms with Crippen molar-refractivity contribution in [2.75, 3.05) is 0 Å². The van der Waals surface area contributed by atoms with Gasteiger partial charge in [0.25, 0.3) is 0 Å². The molecule has 0 aliphatic heterocycles. The summed E-state index contributed by atoms with van der Waals surface area (Å²) in [6, 6.07) is 21.6. The molecule has 0 radical (unpaired) electrons. The van der Waals surface area contributed by atoms with Crippen LogP contribution in [0.15, 0.2) is 65.1 Å². The smallest absolute Gasteiger partial charge is 0.136 e. The Bertz CT molecular complexity index is 1500. The molecule has 7 rings (SSSR count). The third-order valence-corrected chi connectivity index (χ3v) is 8.49. The Morgan fingerprint density at radius 1 is 0.848 bits per heavy atom. The van der Waals surface area contributed by atoms with Crippen LogP contribution < -0.4 is 0 Å². The lowest BCUT2D eigenvalue weighted by molar-refractivity contribution is 0.119. The van der Waals surface area contributed by atoms with Crippen LogP contribution >= 0.6 is 0 Å². The quantitative estimate of drug-likeness (QED) is 0.281. The predicted molar refractivity (Wildman–Crippen MR) is 135 cm³/mol. The van der Waals surface area contributed by atoms with Gasteiger partial charge in [-0.25, -0.2) is 4.98 Å². The molecular weight excluding hydrogens is 404 g/mol. The van der Waals surface area contributed by atoms with Gasteiger partial charge in [-0.3, -0.25) is 0 Å². The van der Waals surface area contributed by atoms with E-state index in [2.05, 4.69) is 67.1 Å². The second kappa shape index (κ2) is 7.21. The van der Waals surface area contributed by atoms with E-state index in [4.69, 9.17) is 9.40 Å². The second-order valence-corrected chi connectivity index (χ2v) is 10.7. The molecule has 33 heavy (non-hydrogen) atoms. The van der Waals surface area contributed by atoms with Crippen molar-refractivity contribution < 1.29 is 4.42 Å². The third kappa shape index (κ3) is 3.05. The van der Waals surface area contributed by atoms with Gasteiger partial charge in [0.05, 0.1) is 11.0 Å². The van der Waals surface area contributed by atoms with Gasteiger partial charge in [0.2, 0.25) is 0 Å². The van der Waals surface area contributed by atoms with Crippen molar-refractivity contribution >= 4 is 33.0 Å². The summed E-state index contributed by atoms with van der Waals surface area (Å²) in [5, 5.41) is 2.35. The first-order valence-electron chi connectivity index (χ1n) is 12.5. The average Bonchev–Trinajstić information content (AvgIpc) is 3.35. The lowest BCUT2D eigenvalue weighted by atomic mass is 9.64. The summed E-state index contributed by atoms with van der Waals surface area (Å²) < 4.78 is 8.50. The summed E-state index contributed by atoms with van der Waals surface area (Å²) in [4.78, 5) is 5.23. The molecule has 166 valence electrons. The fourth-order valence-corrected chi connectivity index (χ4v) is 6.99. The molecule has 2 fully saturated rings. The normalized spacial score (nSPS) is 25.3. The van der Waals surface area contributed by atoms with Crippen LogP contribution in [0.2, 0.25) is 0 Å². The highest BCUT2D eigenvalue weighted by Crippen LogP contribution is 2.49. The van der Waals surface area contributed by atoms with Crippen LogP contribution in [0.1, 0.15) is 50.8 Å². The fraction of sp³-hybridized carbons (Fsp3) is 0.367. The summed E-state index contributed by atoms with van der Waals surface area (Å²) in [6.07, 6.45) is 6.88. The summed E-state index contributed by atoms with van der Waals surface area (Å²) in [5.74, 6) is 4.53. The number of furan rings is 1. The molecule has 2 heterocycles. The van der Waals surface area contributed by atoms with E-state index < -0.39 is 0 Å². The van der Waals surface area contributed by atoms with Crippen molar-refractivity contribution in [3.8, 4) is 11.1 Å². The highest BCUT2D eigenvalue weighted by molar-refractivity contribution is 6.06. The third-order valence-electron chi connectivity index (χ3n) is 8.49. The first-order chi connectivity index (χ1) is 16.1. The van der Waals surface area contributed by atoms with E-state index in [-0.39, 0.29) is 0 Å². The van der Waals surface area contributed by atoms with Crippen molar-refractivity contribution in [3.05, 3.63) is 66.5 Å². The molecule has 2 aliphatic rings.